The van der Waals surface area contributed by atoms with Crippen molar-refractivity contribution in [1.29, 1.82) is 0 Å². The molecule has 0 aromatic heterocycles. The lowest BCUT2D eigenvalue weighted by Gasteiger charge is -2.16. The predicted molar refractivity (Wildman–Crippen MR) is 98.3 cm³/mol. The topological polar surface area (TPSA) is 113 Å². The molecule has 1 aliphatic rings. The number of ether oxygens (including phenoxy) is 1. The highest BCUT2D eigenvalue weighted by Crippen LogP contribution is 2.27. The van der Waals surface area contributed by atoms with Gasteiger partial charge in [0.2, 0.25) is 5.91 Å². The number of amides is 1. The summed E-state index contributed by atoms with van der Waals surface area (Å²) in [7, 11) is -2.28. The Bertz CT molecular complexity index is 954. The summed E-state index contributed by atoms with van der Waals surface area (Å²) in [6.45, 7) is 0.0738. The van der Waals surface area contributed by atoms with Crippen molar-refractivity contribution in [2.45, 2.75) is 11.3 Å². The van der Waals surface area contributed by atoms with Gasteiger partial charge in [-0.2, -0.15) is 0 Å². The van der Waals surface area contributed by atoms with Gasteiger partial charge in [0.25, 0.3) is 10.0 Å². The van der Waals surface area contributed by atoms with Crippen LogP contribution in [0.25, 0.3) is 0 Å². The normalized spacial score (nSPS) is 17.0. The number of aliphatic carboxylic acids is 1. The summed E-state index contributed by atoms with van der Waals surface area (Å²) in [5.74, 6) is -1.46. The lowest BCUT2D eigenvalue weighted by atomic mass is 10.1. The molecule has 0 radical (unpaired) electrons. The smallest absolute Gasteiger partial charge is 0.308 e. The summed E-state index contributed by atoms with van der Waals surface area (Å²) in [5, 5.41) is 9.05. The van der Waals surface area contributed by atoms with Crippen molar-refractivity contribution in [3.05, 3.63) is 48.5 Å². The molecule has 142 valence electrons. The minimum absolute atomic E-state index is 0.0310. The van der Waals surface area contributed by atoms with Crippen LogP contribution >= 0.6 is 0 Å². The van der Waals surface area contributed by atoms with Crippen LogP contribution in [0.4, 0.5) is 11.4 Å². The number of rotatable bonds is 6. The molecular formula is C18H18N2O6S. The van der Waals surface area contributed by atoms with Gasteiger partial charge >= 0.3 is 5.97 Å². The number of carbonyl (C=O) groups is 2. The summed E-state index contributed by atoms with van der Waals surface area (Å²) in [6, 6.07) is 12.2. The zero-order chi connectivity index (χ0) is 19.6. The van der Waals surface area contributed by atoms with Crippen LogP contribution in [0.3, 0.4) is 0 Å². The molecule has 1 amide bonds. The fourth-order valence-corrected chi connectivity index (χ4v) is 3.86. The fourth-order valence-electron chi connectivity index (χ4n) is 2.80. The first kappa shape index (κ1) is 18.7. The molecule has 0 bridgehead atoms. The second-order valence-electron chi connectivity index (χ2n) is 6.07. The maximum Gasteiger partial charge on any atom is 0.308 e. The Balaban J connectivity index is 1.75. The summed E-state index contributed by atoms with van der Waals surface area (Å²) >= 11 is 0. The van der Waals surface area contributed by atoms with Crippen molar-refractivity contribution in [3.8, 4) is 5.75 Å². The molecule has 1 saturated heterocycles. The van der Waals surface area contributed by atoms with E-state index in [1.54, 1.807) is 24.3 Å². The number of hydrogen-bond donors (Lipinski definition) is 2. The van der Waals surface area contributed by atoms with Crippen LogP contribution in [0.15, 0.2) is 53.4 Å². The van der Waals surface area contributed by atoms with Crippen LogP contribution in [0, 0.1) is 5.92 Å². The number of carboxylic acid groups (broad SMARTS) is 1. The molecule has 0 aliphatic carbocycles. The Labute approximate surface area is 156 Å². The first-order chi connectivity index (χ1) is 12.8. The minimum atomic E-state index is -3.80. The second kappa shape index (κ2) is 7.28. The number of nitrogens with one attached hydrogen (secondary N) is 1. The zero-order valence-electron chi connectivity index (χ0n) is 14.5. The highest BCUT2D eigenvalue weighted by atomic mass is 32.2. The van der Waals surface area contributed by atoms with Crippen LogP contribution in [0.2, 0.25) is 0 Å². The zero-order valence-corrected chi connectivity index (χ0v) is 15.3. The molecule has 1 atom stereocenters. The van der Waals surface area contributed by atoms with Crippen LogP contribution in [-0.2, 0) is 19.6 Å². The average molecular weight is 390 g/mol. The Morgan fingerprint density at radius 3 is 2.30 bits per heavy atom. The van der Waals surface area contributed by atoms with Gasteiger partial charge in [-0.25, -0.2) is 8.42 Å². The average Bonchev–Trinajstić information content (AvgIpc) is 3.04. The number of carboxylic acids is 1. The van der Waals surface area contributed by atoms with E-state index in [1.807, 2.05) is 0 Å². The Kier molecular flexibility index (Phi) is 5.04. The van der Waals surface area contributed by atoms with E-state index in [0.29, 0.717) is 17.1 Å². The van der Waals surface area contributed by atoms with Gasteiger partial charge in [-0.1, -0.05) is 0 Å². The van der Waals surface area contributed by atoms with Gasteiger partial charge < -0.3 is 14.7 Å². The molecule has 2 aromatic rings. The van der Waals surface area contributed by atoms with Gasteiger partial charge in [0, 0.05) is 24.3 Å². The maximum atomic E-state index is 12.5. The monoisotopic (exact) mass is 390 g/mol. The highest BCUT2D eigenvalue weighted by molar-refractivity contribution is 7.92. The summed E-state index contributed by atoms with van der Waals surface area (Å²) < 4.78 is 32.5. The molecule has 0 saturated carbocycles. The van der Waals surface area contributed by atoms with Gasteiger partial charge in [0.15, 0.2) is 0 Å². The molecule has 0 spiro atoms. The van der Waals surface area contributed by atoms with Crippen LogP contribution in [0.1, 0.15) is 6.42 Å². The number of carbonyl (C=O) groups excluding carboxylic acids is 1. The Morgan fingerprint density at radius 2 is 1.78 bits per heavy atom. The van der Waals surface area contributed by atoms with Crippen molar-refractivity contribution >= 4 is 33.3 Å². The quantitative estimate of drug-likeness (QED) is 0.779. The molecular weight excluding hydrogens is 372 g/mol. The third-order valence-corrected chi connectivity index (χ3v) is 5.67. The van der Waals surface area contributed by atoms with E-state index >= 15 is 0 Å². The SMILES string of the molecule is COc1ccc(NS(=O)(=O)c2ccc(N3C[C@H](C(=O)O)CC3=O)cc2)cc1. The van der Waals surface area contributed by atoms with Gasteiger partial charge in [-0.3, -0.25) is 14.3 Å². The molecule has 0 unspecified atom stereocenters. The Hall–Kier alpha value is -3.07. The van der Waals surface area contributed by atoms with Crippen LogP contribution in [-0.4, -0.2) is 39.1 Å². The molecule has 27 heavy (non-hydrogen) atoms. The van der Waals surface area contributed by atoms with Gasteiger partial charge in [0.05, 0.1) is 17.9 Å². The third kappa shape index (κ3) is 4.03. The lowest BCUT2D eigenvalue weighted by molar-refractivity contribution is -0.141. The van der Waals surface area contributed by atoms with E-state index in [9.17, 15) is 18.0 Å². The highest BCUT2D eigenvalue weighted by Gasteiger charge is 2.35. The van der Waals surface area contributed by atoms with Crippen molar-refractivity contribution in [2.24, 2.45) is 5.92 Å². The van der Waals surface area contributed by atoms with Gasteiger partial charge in [0.1, 0.15) is 5.75 Å². The van der Waals surface area contributed by atoms with E-state index < -0.39 is 21.9 Å². The molecule has 1 fully saturated rings. The van der Waals surface area contributed by atoms with E-state index in [1.165, 1.54) is 36.3 Å². The molecule has 2 N–H and O–H groups in total. The lowest BCUT2D eigenvalue weighted by Crippen LogP contribution is -2.25. The first-order valence-corrected chi connectivity index (χ1v) is 9.58. The second-order valence-corrected chi connectivity index (χ2v) is 7.75. The third-order valence-electron chi connectivity index (χ3n) is 4.28. The molecule has 1 heterocycles. The van der Waals surface area contributed by atoms with Crippen LogP contribution in [0.5, 0.6) is 5.75 Å². The summed E-state index contributed by atoms with van der Waals surface area (Å²) in [6.07, 6.45) is -0.0611. The predicted octanol–water partition coefficient (Wildman–Crippen LogP) is 1.93. The number of sulfonamides is 1. The van der Waals surface area contributed by atoms with E-state index in [-0.39, 0.29) is 23.8 Å². The number of nitrogens with zero attached hydrogens (tertiary/aromatic N) is 1. The Morgan fingerprint density at radius 1 is 1.15 bits per heavy atom. The van der Waals surface area contributed by atoms with Crippen molar-refractivity contribution in [1.82, 2.24) is 0 Å². The largest absolute Gasteiger partial charge is 0.497 e. The maximum absolute atomic E-state index is 12.5. The van der Waals surface area contributed by atoms with Crippen molar-refractivity contribution in [3.63, 3.8) is 0 Å². The molecule has 9 heteroatoms. The standard InChI is InChI=1S/C18H18N2O6S/c1-26-15-6-2-13(3-7-15)19-27(24,25)16-8-4-14(5-9-16)20-11-12(18(22)23)10-17(20)21/h2-9,12,19H,10-11H2,1H3,(H,22,23)/t12-/m1/s1. The molecule has 2 aromatic carbocycles. The number of benzene rings is 2. The number of methoxy groups -OCH3 is 1. The first-order valence-electron chi connectivity index (χ1n) is 8.10. The fraction of sp³-hybridized carbons (Fsp3) is 0.222. The van der Waals surface area contributed by atoms with Crippen LogP contribution < -0.4 is 14.4 Å². The summed E-state index contributed by atoms with van der Waals surface area (Å²) in [5.41, 5.74) is 0.853. The van der Waals surface area contributed by atoms with E-state index in [0.717, 1.165) is 0 Å². The van der Waals surface area contributed by atoms with E-state index in [4.69, 9.17) is 9.84 Å². The molecule has 1 aliphatic heterocycles. The number of hydrogen-bond acceptors (Lipinski definition) is 5. The van der Waals surface area contributed by atoms with Gasteiger partial charge in [-0.05, 0) is 48.5 Å². The minimum Gasteiger partial charge on any atom is -0.497 e. The van der Waals surface area contributed by atoms with Gasteiger partial charge in [-0.15, -0.1) is 0 Å². The molecule has 8 nitrogen and oxygen atoms in total. The van der Waals surface area contributed by atoms with E-state index in [2.05, 4.69) is 4.72 Å². The summed E-state index contributed by atoms with van der Waals surface area (Å²) in [4.78, 5) is 24.4. The molecule has 3 rings (SSSR count). The van der Waals surface area contributed by atoms with Crippen molar-refractivity contribution < 1.29 is 27.9 Å². The number of anilines is 2. The van der Waals surface area contributed by atoms with Crippen molar-refractivity contribution in [2.75, 3.05) is 23.3 Å².